The van der Waals surface area contributed by atoms with Gasteiger partial charge in [-0.3, -0.25) is 4.98 Å². The first kappa shape index (κ1) is 15.6. The lowest BCUT2D eigenvalue weighted by molar-refractivity contribution is 0.435. The molecule has 0 unspecified atom stereocenters. The van der Waals surface area contributed by atoms with Crippen molar-refractivity contribution in [2.45, 2.75) is 10.3 Å². The molecule has 0 amide bonds. The Labute approximate surface area is 145 Å². The standard InChI is InChI=1S/C18H16N2O2S2/c21-24(22,17-7-3-5-14-4-1-2-6-16(14)17)20-12-13-23-18(20)15-8-10-19-11-9-15/h1-11,18H,12-13H2/t18-/m1/s1. The van der Waals surface area contributed by atoms with Crippen molar-refractivity contribution in [2.75, 3.05) is 12.3 Å². The minimum atomic E-state index is -3.57. The number of rotatable bonds is 3. The monoisotopic (exact) mass is 356 g/mol. The lowest BCUT2D eigenvalue weighted by Crippen LogP contribution is -2.30. The number of pyridine rings is 1. The van der Waals surface area contributed by atoms with Crippen molar-refractivity contribution >= 4 is 32.6 Å². The average molecular weight is 356 g/mol. The van der Waals surface area contributed by atoms with Gasteiger partial charge < -0.3 is 0 Å². The minimum Gasteiger partial charge on any atom is -0.265 e. The maximum atomic E-state index is 13.3. The molecule has 1 atom stereocenters. The maximum absolute atomic E-state index is 13.3. The quantitative estimate of drug-likeness (QED) is 0.718. The number of hydrogen-bond acceptors (Lipinski definition) is 4. The third-order valence-corrected chi connectivity index (χ3v) is 7.49. The van der Waals surface area contributed by atoms with Crippen LogP contribution in [0.3, 0.4) is 0 Å². The fourth-order valence-electron chi connectivity index (χ4n) is 3.04. The Morgan fingerprint density at radius 1 is 1.00 bits per heavy atom. The van der Waals surface area contributed by atoms with Gasteiger partial charge in [-0.05, 0) is 29.1 Å². The Bertz CT molecular complexity index is 969. The molecule has 1 fully saturated rings. The lowest BCUT2D eigenvalue weighted by atomic mass is 10.1. The second-order valence-corrected chi connectivity index (χ2v) is 8.64. The van der Waals surface area contributed by atoms with Crippen LogP contribution in [0.5, 0.6) is 0 Å². The topological polar surface area (TPSA) is 50.3 Å². The molecule has 1 aromatic heterocycles. The molecule has 24 heavy (non-hydrogen) atoms. The van der Waals surface area contributed by atoms with Crippen LogP contribution in [-0.2, 0) is 10.0 Å². The summed E-state index contributed by atoms with van der Waals surface area (Å²) in [6.45, 7) is 0.517. The van der Waals surface area contributed by atoms with Gasteiger partial charge in [0.25, 0.3) is 0 Å². The smallest absolute Gasteiger partial charge is 0.245 e. The van der Waals surface area contributed by atoms with Crippen molar-refractivity contribution in [3.63, 3.8) is 0 Å². The van der Waals surface area contributed by atoms with Gasteiger partial charge >= 0.3 is 0 Å². The van der Waals surface area contributed by atoms with Crippen LogP contribution < -0.4 is 0 Å². The van der Waals surface area contributed by atoms with Crippen LogP contribution >= 0.6 is 11.8 Å². The van der Waals surface area contributed by atoms with Crippen LogP contribution in [0.15, 0.2) is 71.9 Å². The maximum Gasteiger partial charge on any atom is 0.245 e. The first-order valence-electron chi connectivity index (χ1n) is 7.69. The van der Waals surface area contributed by atoms with E-state index in [9.17, 15) is 8.42 Å². The van der Waals surface area contributed by atoms with Gasteiger partial charge in [-0.2, -0.15) is 4.31 Å². The van der Waals surface area contributed by atoms with Gasteiger partial charge in [0.1, 0.15) is 0 Å². The molecule has 6 heteroatoms. The van der Waals surface area contributed by atoms with Gasteiger partial charge in [0.15, 0.2) is 0 Å². The highest BCUT2D eigenvalue weighted by Crippen LogP contribution is 2.42. The Morgan fingerprint density at radius 3 is 2.58 bits per heavy atom. The molecule has 0 aliphatic carbocycles. The zero-order chi connectivity index (χ0) is 16.6. The van der Waals surface area contributed by atoms with Crippen LogP contribution in [0, 0.1) is 0 Å². The SMILES string of the molecule is O=S(=O)(c1cccc2ccccc12)N1CCS[C@@H]1c1ccncc1. The highest BCUT2D eigenvalue weighted by molar-refractivity contribution is 8.01. The van der Waals surface area contributed by atoms with Crippen molar-refractivity contribution in [1.29, 1.82) is 0 Å². The number of sulfonamides is 1. The fourth-order valence-corrected chi connectivity index (χ4v) is 6.50. The van der Waals surface area contributed by atoms with Crippen LogP contribution in [0.4, 0.5) is 0 Å². The van der Waals surface area contributed by atoms with Gasteiger partial charge in [-0.15, -0.1) is 11.8 Å². The summed E-state index contributed by atoms with van der Waals surface area (Å²) >= 11 is 1.65. The highest BCUT2D eigenvalue weighted by Gasteiger charge is 2.37. The molecular weight excluding hydrogens is 340 g/mol. The normalized spacial score (nSPS) is 18.9. The summed E-state index contributed by atoms with van der Waals surface area (Å²) in [6, 6.07) is 16.8. The van der Waals surface area contributed by atoms with E-state index < -0.39 is 10.0 Å². The Balaban J connectivity index is 1.82. The molecule has 0 saturated carbocycles. The molecule has 0 N–H and O–H groups in total. The molecule has 4 rings (SSSR count). The molecule has 1 aliphatic heterocycles. The zero-order valence-corrected chi connectivity index (χ0v) is 14.5. The Morgan fingerprint density at radius 2 is 1.75 bits per heavy atom. The molecule has 0 spiro atoms. The Hall–Kier alpha value is -1.89. The van der Waals surface area contributed by atoms with Gasteiger partial charge in [-0.25, -0.2) is 8.42 Å². The second kappa shape index (κ2) is 6.20. The molecule has 0 bridgehead atoms. The summed E-state index contributed by atoms with van der Waals surface area (Å²) in [5.74, 6) is 0.789. The molecule has 3 aromatic rings. The molecule has 1 aliphatic rings. The van der Waals surface area contributed by atoms with Gasteiger partial charge in [-0.1, -0.05) is 36.4 Å². The summed E-state index contributed by atoms with van der Waals surface area (Å²) < 4.78 is 28.3. The van der Waals surface area contributed by atoms with Gasteiger partial charge in [0, 0.05) is 30.1 Å². The summed E-state index contributed by atoms with van der Waals surface area (Å²) in [5.41, 5.74) is 0.969. The van der Waals surface area contributed by atoms with E-state index in [1.807, 2.05) is 42.5 Å². The molecule has 2 heterocycles. The van der Waals surface area contributed by atoms with E-state index in [1.54, 1.807) is 40.6 Å². The van der Waals surface area contributed by atoms with Crippen molar-refractivity contribution in [3.05, 3.63) is 72.6 Å². The molecular formula is C18H16N2O2S2. The first-order chi connectivity index (χ1) is 11.7. The van der Waals surface area contributed by atoms with Crippen LogP contribution in [-0.4, -0.2) is 30.0 Å². The Kier molecular flexibility index (Phi) is 4.04. The lowest BCUT2D eigenvalue weighted by Gasteiger charge is -2.24. The molecule has 2 aromatic carbocycles. The third kappa shape index (κ3) is 2.60. The van der Waals surface area contributed by atoms with Gasteiger partial charge in [0.05, 0.1) is 10.3 Å². The predicted molar refractivity (Wildman–Crippen MR) is 97.3 cm³/mol. The van der Waals surface area contributed by atoms with Crippen LogP contribution in [0.25, 0.3) is 10.8 Å². The number of benzene rings is 2. The van der Waals surface area contributed by atoms with Crippen molar-refractivity contribution in [1.82, 2.24) is 9.29 Å². The summed E-state index contributed by atoms with van der Waals surface area (Å²) in [5, 5.41) is 1.51. The highest BCUT2D eigenvalue weighted by atomic mass is 32.2. The molecule has 1 saturated heterocycles. The largest absolute Gasteiger partial charge is 0.265 e. The van der Waals surface area contributed by atoms with E-state index in [0.717, 1.165) is 22.1 Å². The molecule has 0 radical (unpaired) electrons. The van der Waals surface area contributed by atoms with E-state index in [1.165, 1.54) is 0 Å². The van der Waals surface area contributed by atoms with E-state index in [4.69, 9.17) is 0 Å². The van der Waals surface area contributed by atoms with Crippen LogP contribution in [0.1, 0.15) is 10.9 Å². The average Bonchev–Trinajstić information content (AvgIpc) is 3.12. The van der Waals surface area contributed by atoms with E-state index in [-0.39, 0.29) is 5.37 Å². The first-order valence-corrected chi connectivity index (χ1v) is 10.2. The molecule has 122 valence electrons. The van der Waals surface area contributed by atoms with E-state index >= 15 is 0 Å². The van der Waals surface area contributed by atoms with Gasteiger partial charge in [0.2, 0.25) is 10.0 Å². The summed E-state index contributed by atoms with van der Waals surface area (Å²) in [4.78, 5) is 4.40. The molecule has 4 nitrogen and oxygen atoms in total. The van der Waals surface area contributed by atoms with Crippen molar-refractivity contribution in [3.8, 4) is 0 Å². The number of nitrogens with zero attached hydrogens (tertiary/aromatic N) is 2. The summed E-state index contributed by atoms with van der Waals surface area (Å²) in [6.07, 6.45) is 3.41. The number of hydrogen-bond donors (Lipinski definition) is 0. The third-order valence-electron chi connectivity index (χ3n) is 4.18. The van der Waals surface area contributed by atoms with E-state index in [0.29, 0.717) is 11.4 Å². The predicted octanol–water partition coefficient (Wildman–Crippen LogP) is 3.67. The van der Waals surface area contributed by atoms with Crippen LogP contribution in [0.2, 0.25) is 0 Å². The summed E-state index contributed by atoms with van der Waals surface area (Å²) in [7, 11) is -3.57. The zero-order valence-electron chi connectivity index (χ0n) is 12.9. The number of fused-ring (bicyclic) bond motifs is 1. The van der Waals surface area contributed by atoms with E-state index in [2.05, 4.69) is 4.98 Å². The van der Waals surface area contributed by atoms with Crippen molar-refractivity contribution in [2.24, 2.45) is 0 Å². The minimum absolute atomic E-state index is 0.197. The second-order valence-electron chi connectivity index (χ2n) is 5.60. The number of thioether (sulfide) groups is 1. The fraction of sp³-hybridized carbons (Fsp3) is 0.167. The number of aromatic nitrogens is 1. The van der Waals surface area contributed by atoms with Crippen molar-refractivity contribution < 1.29 is 8.42 Å².